The maximum absolute atomic E-state index is 12.9. The predicted octanol–water partition coefficient (Wildman–Crippen LogP) is 2.87. The standard InChI is InChI=1S/C19H18N2O2/c22-13-12-21(14-15-6-2-1-3-7-15)19(23)17-10-11-20-18-9-5-4-8-16(17)18/h1-11,22H,12-14H2. The van der Waals surface area contributed by atoms with Crippen molar-refractivity contribution < 1.29 is 9.90 Å². The van der Waals surface area contributed by atoms with E-state index in [2.05, 4.69) is 4.98 Å². The molecule has 0 fully saturated rings. The Morgan fingerprint density at radius 1 is 1.00 bits per heavy atom. The van der Waals surface area contributed by atoms with Crippen LogP contribution < -0.4 is 0 Å². The van der Waals surface area contributed by atoms with Gasteiger partial charge in [-0.05, 0) is 17.7 Å². The lowest BCUT2D eigenvalue weighted by Gasteiger charge is -2.22. The number of fused-ring (bicyclic) bond motifs is 1. The first kappa shape index (κ1) is 15.2. The normalized spacial score (nSPS) is 10.7. The van der Waals surface area contributed by atoms with Crippen molar-refractivity contribution in [2.75, 3.05) is 13.2 Å². The number of aliphatic hydroxyl groups excluding tert-OH is 1. The van der Waals surface area contributed by atoms with Crippen LogP contribution in [0.15, 0.2) is 66.9 Å². The van der Waals surface area contributed by atoms with Gasteiger partial charge in [-0.3, -0.25) is 9.78 Å². The molecule has 0 radical (unpaired) electrons. The zero-order chi connectivity index (χ0) is 16.1. The Morgan fingerprint density at radius 3 is 2.52 bits per heavy atom. The van der Waals surface area contributed by atoms with Gasteiger partial charge in [0.05, 0.1) is 17.7 Å². The molecule has 0 saturated carbocycles. The first-order valence-electron chi connectivity index (χ1n) is 7.57. The summed E-state index contributed by atoms with van der Waals surface area (Å²) in [6.07, 6.45) is 1.65. The fourth-order valence-electron chi connectivity index (χ4n) is 2.63. The molecule has 2 aromatic carbocycles. The summed E-state index contributed by atoms with van der Waals surface area (Å²) in [7, 11) is 0. The summed E-state index contributed by atoms with van der Waals surface area (Å²) in [5.41, 5.74) is 2.44. The van der Waals surface area contributed by atoms with Gasteiger partial charge in [-0.15, -0.1) is 0 Å². The lowest BCUT2D eigenvalue weighted by atomic mass is 10.1. The molecule has 1 aromatic heterocycles. The summed E-state index contributed by atoms with van der Waals surface area (Å²) < 4.78 is 0. The van der Waals surface area contributed by atoms with Gasteiger partial charge in [-0.2, -0.15) is 0 Å². The highest BCUT2D eigenvalue weighted by Crippen LogP contribution is 2.19. The molecule has 0 unspecified atom stereocenters. The molecule has 3 aromatic rings. The molecule has 3 rings (SSSR count). The van der Waals surface area contributed by atoms with Crippen molar-refractivity contribution in [2.45, 2.75) is 6.54 Å². The summed E-state index contributed by atoms with van der Waals surface area (Å²) in [4.78, 5) is 18.9. The van der Waals surface area contributed by atoms with Crippen LogP contribution in [0.4, 0.5) is 0 Å². The number of hydrogen-bond donors (Lipinski definition) is 1. The third kappa shape index (κ3) is 3.38. The van der Waals surface area contributed by atoms with E-state index < -0.39 is 0 Å². The molecule has 0 saturated heterocycles. The van der Waals surface area contributed by atoms with Crippen LogP contribution in [0.1, 0.15) is 15.9 Å². The van der Waals surface area contributed by atoms with E-state index >= 15 is 0 Å². The van der Waals surface area contributed by atoms with E-state index in [1.54, 1.807) is 17.2 Å². The number of hydrogen-bond acceptors (Lipinski definition) is 3. The second-order valence-corrected chi connectivity index (χ2v) is 5.31. The zero-order valence-electron chi connectivity index (χ0n) is 12.7. The molecular weight excluding hydrogens is 288 g/mol. The second kappa shape index (κ2) is 7.03. The lowest BCUT2D eigenvalue weighted by molar-refractivity contribution is 0.0710. The van der Waals surface area contributed by atoms with E-state index in [-0.39, 0.29) is 12.5 Å². The SMILES string of the molecule is O=C(c1ccnc2ccccc12)N(CCO)Cc1ccccc1. The number of pyridine rings is 1. The Balaban J connectivity index is 1.94. The molecule has 0 aliphatic heterocycles. The minimum Gasteiger partial charge on any atom is -0.395 e. The number of benzene rings is 2. The van der Waals surface area contributed by atoms with E-state index in [1.165, 1.54) is 0 Å². The highest BCUT2D eigenvalue weighted by atomic mass is 16.3. The molecule has 116 valence electrons. The van der Waals surface area contributed by atoms with Crippen LogP contribution >= 0.6 is 0 Å². The molecule has 0 atom stereocenters. The molecule has 0 spiro atoms. The smallest absolute Gasteiger partial charge is 0.254 e. The molecule has 1 heterocycles. The van der Waals surface area contributed by atoms with Gasteiger partial charge in [0, 0.05) is 24.7 Å². The Hall–Kier alpha value is -2.72. The average Bonchev–Trinajstić information content (AvgIpc) is 2.61. The number of rotatable bonds is 5. The van der Waals surface area contributed by atoms with Crippen LogP contribution in [0.3, 0.4) is 0 Å². The van der Waals surface area contributed by atoms with Crippen LogP contribution in [0.25, 0.3) is 10.9 Å². The Kier molecular flexibility index (Phi) is 4.64. The molecule has 1 N–H and O–H groups in total. The highest BCUT2D eigenvalue weighted by molar-refractivity contribution is 6.05. The van der Waals surface area contributed by atoms with Crippen LogP contribution in [0.2, 0.25) is 0 Å². The van der Waals surface area contributed by atoms with Gasteiger partial charge in [0.1, 0.15) is 0 Å². The molecule has 23 heavy (non-hydrogen) atoms. The number of amides is 1. The zero-order valence-corrected chi connectivity index (χ0v) is 12.7. The number of carbonyl (C=O) groups excluding carboxylic acids is 1. The van der Waals surface area contributed by atoms with Gasteiger partial charge in [-0.1, -0.05) is 48.5 Å². The Bertz CT molecular complexity index is 797. The van der Waals surface area contributed by atoms with Crippen molar-refractivity contribution in [3.63, 3.8) is 0 Å². The summed E-state index contributed by atoms with van der Waals surface area (Å²) in [5.74, 6) is -0.0958. The third-order valence-corrected chi connectivity index (χ3v) is 3.75. The molecule has 1 amide bonds. The van der Waals surface area contributed by atoms with Gasteiger partial charge < -0.3 is 10.0 Å². The van der Waals surface area contributed by atoms with Crippen LogP contribution in [0.5, 0.6) is 0 Å². The van der Waals surface area contributed by atoms with Crippen molar-refractivity contribution in [1.82, 2.24) is 9.88 Å². The monoisotopic (exact) mass is 306 g/mol. The van der Waals surface area contributed by atoms with Crippen LogP contribution in [0, 0.1) is 0 Å². The molecular formula is C19H18N2O2. The minimum atomic E-state index is -0.0958. The summed E-state index contributed by atoms with van der Waals surface area (Å²) in [6.45, 7) is 0.697. The molecule has 0 bridgehead atoms. The Labute approximate surface area is 135 Å². The van der Waals surface area contributed by atoms with E-state index in [1.807, 2.05) is 54.6 Å². The second-order valence-electron chi connectivity index (χ2n) is 5.31. The average molecular weight is 306 g/mol. The van der Waals surface area contributed by atoms with Crippen molar-refractivity contribution in [3.8, 4) is 0 Å². The van der Waals surface area contributed by atoms with Gasteiger partial charge in [0.25, 0.3) is 5.91 Å². The van der Waals surface area contributed by atoms with E-state index in [0.717, 1.165) is 16.5 Å². The summed E-state index contributed by atoms with van der Waals surface area (Å²) in [5, 5.41) is 10.1. The number of nitrogens with zero attached hydrogens (tertiary/aromatic N) is 2. The maximum atomic E-state index is 12.9. The van der Waals surface area contributed by atoms with E-state index in [4.69, 9.17) is 0 Å². The fourth-order valence-corrected chi connectivity index (χ4v) is 2.63. The number of para-hydroxylation sites is 1. The van der Waals surface area contributed by atoms with Gasteiger partial charge in [0.15, 0.2) is 0 Å². The van der Waals surface area contributed by atoms with Crippen molar-refractivity contribution in [3.05, 3.63) is 78.0 Å². The van der Waals surface area contributed by atoms with Crippen molar-refractivity contribution in [1.29, 1.82) is 0 Å². The predicted molar refractivity (Wildman–Crippen MR) is 90.0 cm³/mol. The Morgan fingerprint density at radius 2 is 1.74 bits per heavy atom. The molecule has 4 nitrogen and oxygen atoms in total. The number of aliphatic hydroxyl groups is 1. The lowest BCUT2D eigenvalue weighted by Crippen LogP contribution is -2.33. The fraction of sp³-hybridized carbons (Fsp3) is 0.158. The number of aromatic nitrogens is 1. The number of carbonyl (C=O) groups is 1. The van der Waals surface area contributed by atoms with Crippen molar-refractivity contribution >= 4 is 16.8 Å². The molecule has 4 heteroatoms. The maximum Gasteiger partial charge on any atom is 0.254 e. The minimum absolute atomic E-state index is 0.0679. The quantitative estimate of drug-likeness (QED) is 0.788. The highest BCUT2D eigenvalue weighted by Gasteiger charge is 2.18. The van der Waals surface area contributed by atoms with E-state index in [9.17, 15) is 9.90 Å². The van der Waals surface area contributed by atoms with Gasteiger partial charge in [-0.25, -0.2) is 0 Å². The molecule has 0 aliphatic rings. The van der Waals surface area contributed by atoms with E-state index in [0.29, 0.717) is 18.7 Å². The first-order chi connectivity index (χ1) is 11.3. The van der Waals surface area contributed by atoms with Gasteiger partial charge >= 0.3 is 0 Å². The van der Waals surface area contributed by atoms with Crippen LogP contribution in [-0.4, -0.2) is 34.0 Å². The largest absolute Gasteiger partial charge is 0.395 e. The van der Waals surface area contributed by atoms with Crippen LogP contribution in [-0.2, 0) is 6.54 Å². The molecule has 0 aliphatic carbocycles. The third-order valence-electron chi connectivity index (χ3n) is 3.75. The summed E-state index contributed by atoms with van der Waals surface area (Å²) >= 11 is 0. The summed E-state index contributed by atoms with van der Waals surface area (Å²) in [6, 6.07) is 19.1. The first-order valence-corrected chi connectivity index (χ1v) is 7.57. The van der Waals surface area contributed by atoms with Crippen molar-refractivity contribution in [2.24, 2.45) is 0 Å². The van der Waals surface area contributed by atoms with Gasteiger partial charge in [0.2, 0.25) is 0 Å². The topological polar surface area (TPSA) is 53.4 Å².